The van der Waals surface area contributed by atoms with Gasteiger partial charge in [0.1, 0.15) is 12.4 Å². The van der Waals surface area contributed by atoms with E-state index < -0.39 is 0 Å². The Morgan fingerprint density at radius 1 is 0.938 bits per heavy atom. The first kappa shape index (κ1) is 24.4. The van der Waals surface area contributed by atoms with Crippen molar-refractivity contribution in [1.82, 2.24) is 5.32 Å². The van der Waals surface area contributed by atoms with Crippen LogP contribution < -0.4 is 14.8 Å². The molecule has 0 saturated carbocycles. The van der Waals surface area contributed by atoms with Crippen LogP contribution in [0.25, 0.3) is 0 Å². The first-order valence-corrected chi connectivity index (χ1v) is 11.6. The van der Waals surface area contributed by atoms with Gasteiger partial charge >= 0.3 is 0 Å². The lowest BCUT2D eigenvalue weighted by molar-refractivity contribution is 0.269. The second kappa shape index (κ2) is 12.1. The topological polar surface area (TPSA) is 30.5 Å². The molecule has 0 aliphatic heterocycles. The summed E-state index contributed by atoms with van der Waals surface area (Å²) in [6, 6.07) is 18.7. The van der Waals surface area contributed by atoms with Crippen LogP contribution in [0.15, 0.2) is 60.7 Å². The fourth-order valence-electron chi connectivity index (χ4n) is 3.52. The number of benzene rings is 3. The number of hydrogen-bond donors (Lipinski definition) is 1. The summed E-state index contributed by atoms with van der Waals surface area (Å²) in [6.07, 6.45) is 2.12. The van der Waals surface area contributed by atoms with E-state index in [1.54, 1.807) is 6.07 Å². The first-order valence-electron chi connectivity index (χ1n) is 10.8. The van der Waals surface area contributed by atoms with Crippen LogP contribution in [0.5, 0.6) is 11.5 Å². The van der Waals surface area contributed by atoms with Crippen LogP contribution >= 0.6 is 23.2 Å². The zero-order valence-electron chi connectivity index (χ0n) is 18.3. The molecule has 1 atom stereocenters. The number of nitrogens with one attached hydrogen (secondary N) is 1. The maximum Gasteiger partial charge on any atom is 0.180 e. The van der Waals surface area contributed by atoms with E-state index in [4.69, 9.17) is 32.7 Å². The van der Waals surface area contributed by atoms with Crippen molar-refractivity contribution in [3.63, 3.8) is 0 Å². The fourth-order valence-corrected chi connectivity index (χ4v) is 4.03. The van der Waals surface area contributed by atoms with E-state index in [1.807, 2.05) is 25.1 Å². The summed E-state index contributed by atoms with van der Waals surface area (Å²) in [5.74, 6) is 0.633. The Morgan fingerprint density at radius 2 is 1.72 bits per heavy atom. The molecule has 0 amide bonds. The second-order valence-corrected chi connectivity index (χ2v) is 8.31. The van der Waals surface area contributed by atoms with Crippen LogP contribution in [0, 0.1) is 5.82 Å². The zero-order chi connectivity index (χ0) is 22.9. The predicted molar refractivity (Wildman–Crippen MR) is 129 cm³/mol. The zero-order valence-corrected chi connectivity index (χ0v) is 19.8. The smallest absolute Gasteiger partial charge is 0.180 e. The van der Waals surface area contributed by atoms with E-state index in [0.29, 0.717) is 40.3 Å². The molecule has 0 aliphatic carbocycles. The van der Waals surface area contributed by atoms with Crippen molar-refractivity contribution in [2.75, 3.05) is 6.61 Å². The summed E-state index contributed by atoms with van der Waals surface area (Å²) >= 11 is 12.7. The van der Waals surface area contributed by atoms with Crippen LogP contribution in [-0.2, 0) is 13.2 Å². The Kier molecular flexibility index (Phi) is 9.22. The molecule has 0 aromatic heterocycles. The summed E-state index contributed by atoms with van der Waals surface area (Å²) in [7, 11) is 0. The van der Waals surface area contributed by atoms with E-state index in [2.05, 4.69) is 36.5 Å². The van der Waals surface area contributed by atoms with Gasteiger partial charge in [-0.15, -0.1) is 0 Å². The minimum atomic E-state index is -0.388. The van der Waals surface area contributed by atoms with Gasteiger partial charge in [0.05, 0.1) is 16.7 Å². The highest BCUT2D eigenvalue weighted by molar-refractivity contribution is 6.32. The Labute approximate surface area is 199 Å². The third-order valence-electron chi connectivity index (χ3n) is 5.09. The van der Waals surface area contributed by atoms with Crippen LogP contribution in [-0.4, -0.2) is 6.61 Å². The summed E-state index contributed by atoms with van der Waals surface area (Å²) in [4.78, 5) is 0. The standard InChI is InChI=1S/C26H28Cl2FNO2/c1-3-8-24(19-9-6-5-7-10-19)30-16-18-13-23(28)26(25(14-18)31-4-2)32-17-20-11-12-21(29)15-22(20)27/h5-7,9-15,24,30H,3-4,8,16-17H2,1-2H3. The minimum Gasteiger partial charge on any atom is -0.490 e. The lowest BCUT2D eigenvalue weighted by Gasteiger charge is -2.20. The summed E-state index contributed by atoms with van der Waals surface area (Å²) in [5, 5.41) is 4.40. The number of halogens is 3. The van der Waals surface area contributed by atoms with E-state index in [9.17, 15) is 4.39 Å². The molecule has 1 unspecified atom stereocenters. The van der Waals surface area contributed by atoms with Gasteiger partial charge in [-0.25, -0.2) is 4.39 Å². The molecule has 0 heterocycles. The van der Waals surface area contributed by atoms with Crippen molar-refractivity contribution in [2.24, 2.45) is 0 Å². The maximum atomic E-state index is 13.3. The normalized spacial score (nSPS) is 11.9. The first-order chi connectivity index (χ1) is 15.5. The van der Waals surface area contributed by atoms with Gasteiger partial charge in [0.25, 0.3) is 0 Å². The molecule has 1 N–H and O–H groups in total. The molecule has 32 heavy (non-hydrogen) atoms. The van der Waals surface area contributed by atoms with Crippen molar-refractivity contribution in [3.8, 4) is 11.5 Å². The molecule has 0 aliphatic rings. The lowest BCUT2D eigenvalue weighted by Crippen LogP contribution is -2.21. The third kappa shape index (κ3) is 6.61. The molecule has 0 fully saturated rings. The predicted octanol–water partition coefficient (Wildman–Crippen LogP) is 7.74. The highest BCUT2D eigenvalue weighted by atomic mass is 35.5. The third-order valence-corrected chi connectivity index (χ3v) is 5.72. The van der Waals surface area contributed by atoms with Gasteiger partial charge in [-0.3, -0.25) is 0 Å². The Balaban J connectivity index is 1.75. The lowest BCUT2D eigenvalue weighted by atomic mass is 10.0. The van der Waals surface area contributed by atoms with Crippen LogP contribution in [0.1, 0.15) is 49.4 Å². The SMILES string of the molecule is CCCC(NCc1cc(Cl)c(OCc2ccc(F)cc2Cl)c(OCC)c1)c1ccccc1. The molecule has 0 spiro atoms. The second-order valence-electron chi connectivity index (χ2n) is 7.50. The molecule has 3 rings (SSSR count). The van der Waals surface area contributed by atoms with Gasteiger partial charge in [0.2, 0.25) is 0 Å². The minimum absolute atomic E-state index is 0.156. The summed E-state index contributed by atoms with van der Waals surface area (Å²) < 4.78 is 25.0. The van der Waals surface area contributed by atoms with Crippen molar-refractivity contribution in [2.45, 2.75) is 45.9 Å². The molecular weight excluding hydrogens is 448 g/mol. The van der Waals surface area contributed by atoms with Crippen LogP contribution in [0.2, 0.25) is 10.0 Å². The number of hydrogen-bond acceptors (Lipinski definition) is 3. The molecule has 3 nitrogen and oxygen atoms in total. The molecule has 3 aromatic carbocycles. The molecule has 170 valence electrons. The van der Waals surface area contributed by atoms with Crippen molar-refractivity contribution in [3.05, 3.63) is 93.2 Å². The quantitative estimate of drug-likeness (QED) is 0.307. The average Bonchev–Trinajstić information content (AvgIpc) is 2.78. The highest BCUT2D eigenvalue weighted by Crippen LogP contribution is 2.38. The van der Waals surface area contributed by atoms with E-state index >= 15 is 0 Å². The maximum absolute atomic E-state index is 13.3. The molecule has 0 saturated heterocycles. The Hall–Kier alpha value is -2.27. The molecular formula is C26H28Cl2FNO2. The van der Waals surface area contributed by atoms with Gasteiger partial charge in [-0.05, 0) is 48.7 Å². The highest BCUT2D eigenvalue weighted by Gasteiger charge is 2.16. The van der Waals surface area contributed by atoms with Gasteiger partial charge < -0.3 is 14.8 Å². The van der Waals surface area contributed by atoms with Crippen LogP contribution in [0.3, 0.4) is 0 Å². The largest absolute Gasteiger partial charge is 0.490 e. The number of rotatable bonds is 11. The average molecular weight is 476 g/mol. The van der Waals surface area contributed by atoms with Gasteiger partial charge in [-0.2, -0.15) is 0 Å². The molecule has 0 radical (unpaired) electrons. The summed E-state index contributed by atoms with van der Waals surface area (Å²) in [6.45, 7) is 5.36. The van der Waals surface area contributed by atoms with Gasteiger partial charge in [-0.1, -0.05) is 72.9 Å². The van der Waals surface area contributed by atoms with Gasteiger partial charge in [0.15, 0.2) is 11.5 Å². The van der Waals surface area contributed by atoms with Crippen molar-refractivity contribution in [1.29, 1.82) is 0 Å². The van der Waals surface area contributed by atoms with Crippen molar-refractivity contribution >= 4 is 23.2 Å². The van der Waals surface area contributed by atoms with E-state index in [0.717, 1.165) is 18.4 Å². The summed E-state index contributed by atoms with van der Waals surface area (Å²) in [5.41, 5.74) is 2.94. The molecule has 6 heteroatoms. The fraction of sp³-hybridized carbons (Fsp3) is 0.308. The molecule has 0 bridgehead atoms. The Bertz CT molecular complexity index is 1010. The van der Waals surface area contributed by atoms with Crippen LogP contribution in [0.4, 0.5) is 4.39 Å². The monoisotopic (exact) mass is 475 g/mol. The van der Waals surface area contributed by atoms with E-state index in [1.165, 1.54) is 17.7 Å². The number of ether oxygens (including phenoxy) is 2. The Morgan fingerprint density at radius 3 is 2.41 bits per heavy atom. The molecule has 3 aromatic rings. The van der Waals surface area contributed by atoms with Crippen molar-refractivity contribution < 1.29 is 13.9 Å². The van der Waals surface area contributed by atoms with Gasteiger partial charge in [0, 0.05) is 18.2 Å². The van der Waals surface area contributed by atoms with E-state index in [-0.39, 0.29) is 18.5 Å².